The number of sulfonamides is 1. The van der Waals surface area contributed by atoms with Gasteiger partial charge in [-0.3, -0.25) is 14.2 Å². The second kappa shape index (κ2) is 11.5. The van der Waals surface area contributed by atoms with Crippen molar-refractivity contribution in [3.05, 3.63) is 74.9 Å². The molecule has 45 heavy (non-hydrogen) atoms. The number of aryl methyl sites for hydroxylation is 1. The van der Waals surface area contributed by atoms with Crippen LogP contribution in [0.3, 0.4) is 0 Å². The molecule has 0 aliphatic carbocycles. The van der Waals surface area contributed by atoms with Crippen LogP contribution in [0.15, 0.2) is 47.4 Å². The van der Waals surface area contributed by atoms with Gasteiger partial charge in [0.25, 0.3) is 11.5 Å². The third-order valence-corrected chi connectivity index (χ3v) is 9.05. The maximum atomic E-state index is 13.8. The van der Waals surface area contributed by atoms with Crippen LogP contribution in [0.4, 0.5) is 17.3 Å². The first kappa shape index (κ1) is 30.6. The highest BCUT2D eigenvalue weighted by atomic mass is 35.5. The molecule has 3 aromatic heterocycles. The van der Waals surface area contributed by atoms with Crippen LogP contribution in [0.1, 0.15) is 41.0 Å². The molecular formula is C30H33ClN8O5S. The lowest BCUT2D eigenvalue weighted by Crippen LogP contribution is -2.48. The Morgan fingerprint density at radius 3 is 2.49 bits per heavy atom. The third-order valence-electron chi connectivity index (χ3n) is 8.28. The molecule has 1 aromatic carbocycles. The molecule has 2 aliphatic rings. The summed E-state index contributed by atoms with van der Waals surface area (Å²) in [4.78, 5) is 44.6. The minimum Gasteiger partial charge on any atom is -0.481 e. The summed E-state index contributed by atoms with van der Waals surface area (Å²) in [7, 11) is -0.498. The number of amides is 1. The normalized spacial score (nSPS) is 18.4. The fourth-order valence-electron chi connectivity index (χ4n) is 6.27. The lowest BCUT2D eigenvalue weighted by atomic mass is 10.0. The molecule has 236 valence electrons. The van der Waals surface area contributed by atoms with Crippen molar-refractivity contribution in [3.63, 3.8) is 0 Å². The smallest absolute Gasteiger partial charge is 0.285 e. The lowest BCUT2D eigenvalue weighted by molar-refractivity contribution is 0.0977. The molecule has 13 nitrogen and oxygen atoms in total. The number of benzene rings is 1. The summed E-state index contributed by atoms with van der Waals surface area (Å²) in [6.45, 7) is 5.25. The second-order valence-corrected chi connectivity index (χ2v) is 13.7. The zero-order valence-corrected chi connectivity index (χ0v) is 27.0. The maximum absolute atomic E-state index is 13.8. The highest BCUT2D eigenvalue weighted by Crippen LogP contribution is 2.37. The van der Waals surface area contributed by atoms with Gasteiger partial charge < -0.3 is 19.9 Å². The molecule has 4 aromatic rings. The molecule has 0 spiro atoms. The Labute approximate surface area is 265 Å². The van der Waals surface area contributed by atoms with Crippen LogP contribution in [-0.2, 0) is 17.1 Å². The number of aromatic nitrogens is 4. The predicted molar refractivity (Wildman–Crippen MR) is 173 cm³/mol. The van der Waals surface area contributed by atoms with Crippen LogP contribution in [0.5, 0.6) is 5.88 Å². The third kappa shape index (κ3) is 5.87. The number of nitrogens with zero attached hydrogens (tertiary/aromatic N) is 6. The highest BCUT2D eigenvalue weighted by molar-refractivity contribution is 7.89. The molecule has 1 amide bonds. The quantitative estimate of drug-likeness (QED) is 0.270. The number of fused-ring (bicyclic) bond motifs is 3. The van der Waals surface area contributed by atoms with Gasteiger partial charge in [-0.1, -0.05) is 17.7 Å². The first-order chi connectivity index (χ1) is 21.3. The molecule has 15 heteroatoms. The average Bonchev–Trinajstić information content (AvgIpc) is 3.60. The summed E-state index contributed by atoms with van der Waals surface area (Å²) >= 11 is 6.05. The van der Waals surface area contributed by atoms with Crippen molar-refractivity contribution in [1.82, 2.24) is 24.2 Å². The number of hydrogen-bond donors (Lipinski definition) is 2. The summed E-state index contributed by atoms with van der Waals surface area (Å²) in [6, 6.07) is 10.6. The fourth-order valence-corrected chi connectivity index (χ4v) is 6.85. The average molecular weight is 653 g/mol. The molecule has 0 unspecified atom stereocenters. The van der Waals surface area contributed by atoms with Crippen LogP contribution >= 0.6 is 11.6 Å². The van der Waals surface area contributed by atoms with Crippen molar-refractivity contribution in [2.75, 3.05) is 41.6 Å². The molecule has 2 bridgehead atoms. The van der Waals surface area contributed by atoms with E-state index in [9.17, 15) is 18.0 Å². The number of nitrogens with one attached hydrogen (secondary N) is 2. The highest BCUT2D eigenvalue weighted by Gasteiger charge is 2.45. The monoisotopic (exact) mass is 652 g/mol. The molecule has 3 atom stereocenters. The van der Waals surface area contributed by atoms with Gasteiger partial charge in [-0.25, -0.2) is 28.1 Å². The summed E-state index contributed by atoms with van der Waals surface area (Å²) in [6.07, 6.45) is 3.64. The van der Waals surface area contributed by atoms with E-state index in [1.165, 1.54) is 6.07 Å². The largest absolute Gasteiger partial charge is 0.481 e. The molecule has 2 N–H and O–H groups in total. The van der Waals surface area contributed by atoms with Crippen LogP contribution in [0, 0.1) is 6.92 Å². The summed E-state index contributed by atoms with van der Waals surface area (Å²) in [5.74, 6) is 0.239. The minimum absolute atomic E-state index is 0.0318. The minimum atomic E-state index is -3.84. The number of hydrogen-bond acceptors (Lipinski definition) is 11. The number of piperazine rings is 1. The first-order valence-electron chi connectivity index (χ1n) is 14.3. The Balaban J connectivity index is 1.33. The molecule has 6 rings (SSSR count). The maximum Gasteiger partial charge on any atom is 0.285 e. The number of carbonyl (C=O) groups excluding carboxylic acids is 1. The molecule has 2 saturated heterocycles. The first-order valence-corrected chi connectivity index (χ1v) is 16.6. The zero-order valence-electron chi connectivity index (χ0n) is 25.4. The van der Waals surface area contributed by atoms with Gasteiger partial charge in [0, 0.05) is 37.8 Å². The van der Waals surface area contributed by atoms with Gasteiger partial charge in [-0.15, -0.1) is 0 Å². The molecule has 2 fully saturated rings. The van der Waals surface area contributed by atoms with E-state index >= 15 is 0 Å². The summed E-state index contributed by atoms with van der Waals surface area (Å²) in [5.41, 5.74) is 3.12. The van der Waals surface area contributed by atoms with Crippen molar-refractivity contribution in [1.29, 1.82) is 0 Å². The van der Waals surface area contributed by atoms with E-state index < -0.39 is 22.0 Å². The molecular weight excluding hydrogens is 620 g/mol. The van der Waals surface area contributed by atoms with E-state index in [0.717, 1.165) is 36.0 Å². The van der Waals surface area contributed by atoms with Gasteiger partial charge in [0.15, 0.2) is 5.69 Å². The van der Waals surface area contributed by atoms with E-state index in [1.807, 2.05) is 49.0 Å². The van der Waals surface area contributed by atoms with E-state index in [1.54, 1.807) is 24.8 Å². The number of halogens is 1. The van der Waals surface area contributed by atoms with Crippen molar-refractivity contribution in [3.8, 4) is 5.88 Å². The Hall–Kier alpha value is -4.43. The standard InChI is InChI=1S/C30H33ClN8O5S/c1-16-10-21(17(2)33-23-7-8-24(31)34-27(23)28(40)36-45(5,42)43)26-22(11-16)29(41)37(3)30(35-26)39-15-19-12-20(39)14-38(19)18-6-9-25(44-4)32-13-18/h6-11,13,17,19-20,33H,12,14-15H2,1-5H3,(H,36,40)/t17-,19-,20-/m1/s1. The number of carbonyl (C=O) groups is 1. The van der Waals surface area contributed by atoms with Gasteiger partial charge in [0.2, 0.25) is 21.9 Å². The second-order valence-electron chi connectivity index (χ2n) is 11.5. The van der Waals surface area contributed by atoms with Gasteiger partial charge in [0.1, 0.15) is 5.15 Å². The number of ether oxygens (including phenoxy) is 1. The van der Waals surface area contributed by atoms with E-state index in [0.29, 0.717) is 29.3 Å². The number of anilines is 3. The molecule has 0 saturated carbocycles. The Kier molecular flexibility index (Phi) is 7.81. The Morgan fingerprint density at radius 1 is 1.11 bits per heavy atom. The predicted octanol–water partition coefficient (Wildman–Crippen LogP) is 3.02. The van der Waals surface area contributed by atoms with E-state index in [-0.39, 0.29) is 34.2 Å². The molecule has 5 heterocycles. The van der Waals surface area contributed by atoms with Crippen molar-refractivity contribution < 1.29 is 17.9 Å². The van der Waals surface area contributed by atoms with E-state index in [4.69, 9.17) is 21.3 Å². The number of pyridine rings is 2. The lowest BCUT2D eigenvalue weighted by Gasteiger charge is -2.36. The SMILES string of the molecule is COc1ccc(N2C[C@H]3C[C@@H]2CN3c2nc3c([C@@H](C)Nc4ccc(Cl)nc4C(=O)NS(C)(=O)=O)cc(C)cc3c(=O)n2C)cn1. The van der Waals surface area contributed by atoms with Gasteiger partial charge in [0.05, 0.1) is 53.9 Å². The summed E-state index contributed by atoms with van der Waals surface area (Å²) < 4.78 is 32.2. The van der Waals surface area contributed by atoms with Crippen molar-refractivity contribution >= 4 is 55.8 Å². The van der Waals surface area contributed by atoms with Gasteiger partial charge in [-0.05, 0) is 50.1 Å². The van der Waals surface area contributed by atoms with Crippen molar-refractivity contribution in [2.45, 2.75) is 38.4 Å². The zero-order chi connectivity index (χ0) is 32.2. The molecule has 0 radical (unpaired) electrons. The topological polar surface area (TPSA) is 152 Å². The van der Waals surface area contributed by atoms with Crippen LogP contribution < -0.4 is 30.1 Å². The van der Waals surface area contributed by atoms with Gasteiger partial charge >= 0.3 is 0 Å². The number of methoxy groups -OCH3 is 1. The van der Waals surface area contributed by atoms with E-state index in [2.05, 4.69) is 25.1 Å². The Bertz CT molecular complexity index is 1990. The number of rotatable bonds is 8. The van der Waals surface area contributed by atoms with Crippen LogP contribution in [-0.4, -0.2) is 72.4 Å². The van der Waals surface area contributed by atoms with Crippen molar-refractivity contribution in [2.24, 2.45) is 7.05 Å². The van der Waals surface area contributed by atoms with Gasteiger partial charge in [-0.2, -0.15) is 0 Å². The van der Waals surface area contributed by atoms with Crippen LogP contribution in [0.2, 0.25) is 5.15 Å². The summed E-state index contributed by atoms with van der Waals surface area (Å²) in [5, 5.41) is 3.77. The Morgan fingerprint density at radius 2 is 1.84 bits per heavy atom. The fraction of sp³-hybridized carbons (Fsp3) is 0.367. The van der Waals surface area contributed by atoms with Crippen LogP contribution in [0.25, 0.3) is 10.9 Å². The molecule has 2 aliphatic heterocycles.